The molecule has 0 fully saturated rings. The summed E-state index contributed by atoms with van der Waals surface area (Å²) in [6.45, 7) is 1.78. The number of rotatable bonds is 6. The van der Waals surface area contributed by atoms with E-state index < -0.39 is 17.4 Å². The Morgan fingerprint density at radius 1 is 1.00 bits per heavy atom. The Labute approximate surface area is 166 Å². The average Bonchev–Trinajstić information content (AvgIpc) is 2.71. The molecular weight excluding hydrogens is 375 g/mol. The van der Waals surface area contributed by atoms with Gasteiger partial charge in [0.2, 0.25) is 5.91 Å². The molecule has 1 heterocycles. The van der Waals surface area contributed by atoms with Crippen LogP contribution in [0.2, 0.25) is 0 Å². The van der Waals surface area contributed by atoms with E-state index in [1.165, 1.54) is 24.3 Å². The number of nitrogens with one attached hydrogen (secondary N) is 2. The Bertz CT molecular complexity index is 1080. The highest BCUT2D eigenvalue weighted by atomic mass is 19.1. The standard InChI is InChI=1S/C21H19FN4O3/c1-14-2-8-17(9-3-14)24-21(29)18-10-11-20(28)26(25-18)13-19(27)23-12-15-4-6-16(22)7-5-15/h2-11H,12-13H2,1H3,(H,23,27)(H,24,29). The molecule has 0 unspecified atom stereocenters. The van der Waals surface area contributed by atoms with Crippen molar-refractivity contribution in [3.05, 3.63) is 93.7 Å². The van der Waals surface area contributed by atoms with Gasteiger partial charge in [0.1, 0.15) is 18.1 Å². The fourth-order valence-electron chi connectivity index (χ4n) is 2.51. The molecule has 148 valence electrons. The van der Waals surface area contributed by atoms with Gasteiger partial charge < -0.3 is 10.6 Å². The first-order valence-electron chi connectivity index (χ1n) is 8.88. The first-order valence-corrected chi connectivity index (χ1v) is 8.88. The molecule has 0 aliphatic heterocycles. The number of carbonyl (C=O) groups is 2. The van der Waals surface area contributed by atoms with E-state index in [-0.39, 0.29) is 24.6 Å². The Kier molecular flexibility index (Phi) is 6.13. The van der Waals surface area contributed by atoms with Crippen molar-refractivity contribution >= 4 is 17.5 Å². The Balaban J connectivity index is 1.64. The lowest BCUT2D eigenvalue weighted by Gasteiger charge is -2.09. The van der Waals surface area contributed by atoms with Crippen LogP contribution in [0.1, 0.15) is 21.6 Å². The number of benzene rings is 2. The molecule has 8 heteroatoms. The van der Waals surface area contributed by atoms with Gasteiger partial charge in [-0.1, -0.05) is 29.8 Å². The fourth-order valence-corrected chi connectivity index (χ4v) is 2.51. The predicted molar refractivity (Wildman–Crippen MR) is 106 cm³/mol. The summed E-state index contributed by atoms with van der Waals surface area (Å²) >= 11 is 0. The number of nitrogens with zero attached hydrogens (tertiary/aromatic N) is 2. The zero-order valence-corrected chi connectivity index (χ0v) is 15.7. The third-order valence-electron chi connectivity index (χ3n) is 4.11. The van der Waals surface area contributed by atoms with Crippen molar-refractivity contribution in [1.29, 1.82) is 0 Å². The van der Waals surface area contributed by atoms with Crippen LogP contribution in [0.4, 0.5) is 10.1 Å². The van der Waals surface area contributed by atoms with Crippen molar-refractivity contribution in [2.45, 2.75) is 20.0 Å². The average molecular weight is 394 g/mol. The number of amides is 2. The third-order valence-corrected chi connectivity index (χ3v) is 4.11. The molecule has 7 nitrogen and oxygen atoms in total. The normalized spacial score (nSPS) is 10.4. The SMILES string of the molecule is Cc1ccc(NC(=O)c2ccc(=O)n(CC(=O)NCc3ccc(F)cc3)n2)cc1. The van der Waals surface area contributed by atoms with Crippen LogP contribution in [0.25, 0.3) is 0 Å². The maximum atomic E-state index is 12.9. The van der Waals surface area contributed by atoms with Gasteiger partial charge in [0.15, 0.2) is 0 Å². The smallest absolute Gasteiger partial charge is 0.276 e. The molecule has 0 radical (unpaired) electrons. The summed E-state index contributed by atoms with van der Waals surface area (Å²) in [6, 6.07) is 15.4. The quantitative estimate of drug-likeness (QED) is 0.671. The zero-order chi connectivity index (χ0) is 20.8. The van der Waals surface area contributed by atoms with E-state index in [1.807, 2.05) is 19.1 Å². The van der Waals surface area contributed by atoms with Crippen molar-refractivity contribution < 1.29 is 14.0 Å². The summed E-state index contributed by atoms with van der Waals surface area (Å²) in [7, 11) is 0. The van der Waals surface area contributed by atoms with E-state index >= 15 is 0 Å². The van der Waals surface area contributed by atoms with Gasteiger partial charge in [-0.15, -0.1) is 0 Å². The Morgan fingerprint density at radius 3 is 2.38 bits per heavy atom. The fraction of sp³-hybridized carbons (Fsp3) is 0.143. The molecule has 0 spiro atoms. The lowest BCUT2D eigenvalue weighted by atomic mass is 10.2. The van der Waals surface area contributed by atoms with Gasteiger partial charge in [0, 0.05) is 18.3 Å². The molecule has 2 amide bonds. The molecule has 3 aromatic rings. The van der Waals surface area contributed by atoms with E-state index in [4.69, 9.17) is 0 Å². The number of aromatic nitrogens is 2. The lowest BCUT2D eigenvalue weighted by Crippen LogP contribution is -2.34. The number of anilines is 1. The van der Waals surface area contributed by atoms with Crippen molar-refractivity contribution in [3.8, 4) is 0 Å². The molecule has 0 bridgehead atoms. The molecule has 0 atom stereocenters. The molecule has 3 rings (SSSR count). The lowest BCUT2D eigenvalue weighted by molar-refractivity contribution is -0.122. The van der Waals surface area contributed by atoms with E-state index in [0.717, 1.165) is 10.2 Å². The molecule has 1 aromatic heterocycles. The van der Waals surface area contributed by atoms with E-state index in [1.54, 1.807) is 24.3 Å². The minimum absolute atomic E-state index is 0.0107. The Morgan fingerprint density at radius 2 is 1.69 bits per heavy atom. The molecule has 2 aromatic carbocycles. The maximum absolute atomic E-state index is 12.9. The summed E-state index contributed by atoms with van der Waals surface area (Å²) in [5, 5.41) is 9.29. The van der Waals surface area contributed by atoms with E-state index in [2.05, 4.69) is 15.7 Å². The van der Waals surface area contributed by atoms with Gasteiger partial charge in [0.25, 0.3) is 11.5 Å². The zero-order valence-electron chi connectivity index (χ0n) is 15.7. The molecular formula is C21H19FN4O3. The first kappa shape index (κ1) is 19.9. The largest absolute Gasteiger partial charge is 0.350 e. The van der Waals surface area contributed by atoms with Crippen LogP contribution in [-0.4, -0.2) is 21.6 Å². The van der Waals surface area contributed by atoms with Gasteiger partial charge in [-0.05, 0) is 42.8 Å². The summed E-state index contributed by atoms with van der Waals surface area (Å²) in [6.07, 6.45) is 0. The van der Waals surface area contributed by atoms with Crippen molar-refractivity contribution in [2.24, 2.45) is 0 Å². The number of carbonyl (C=O) groups excluding carboxylic acids is 2. The van der Waals surface area contributed by atoms with Gasteiger partial charge in [-0.2, -0.15) is 5.10 Å². The van der Waals surface area contributed by atoms with Crippen molar-refractivity contribution in [2.75, 3.05) is 5.32 Å². The number of aryl methyl sites for hydroxylation is 1. The van der Waals surface area contributed by atoms with Crippen LogP contribution >= 0.6 is 0 Å². The van der Waals surface area contributed by atoms with Crippen molar-refractivity contribution in [1.82, 2.24) is 15.1 Å². The van der Waals surface area contributed by atoms with Gasteiger partial charge in [-0.25, -0.2) is 9.07 Å². The summed E-state index contributed by atoms with van der Waals surface area (Å²) in [4.78, 5) is 36.5. The molecule has 0 saturated heterocycles. The molecule has 29 heavy (non-hydrogen) atoms. The monoisotopic (exact) mass is 394 g/mol. The number of hydrogen-bond donors (Lipinski definition) is 2. The van der Waals surface area contributed by atoms with Crippen LogP contribution in [-0.2, 0) is 17.9 Å². The minimum atomic E-state index is -0.506. The van der Waals surface area contributed by atoms with Crippen LogP contribution in [0.3, 0.4) is 0 Å². The van der Waals surface area contributed by atoms with Crippen molar-refractivity contribution in [3.63, 3.8) is 0 Å². The summed E-state index contributed by atoms with van der Waals surface area (Å²) in [5.41, 5.74) is 1.87. The van der Waals surface area contributed by atoms with E-state index in [0.29, 0.717) is 11.3 Å². The second-order valence-electron chi connectivity index (χ2n) is 6.44. The number of halogens is 1. The molecule has 0 aliphatic rings. The maximum Gasteiger partial charge on any atom is 0.276 e. The molecule has 2 N–H and O–H groups in total. The highest BCUT2D eigenvalue weighted by Gasteiger charge is 2.12. The minimum Gasteiger partial charge on any atom is -0.350 e. The van der Waals surface area contributed by atoms with Crippen LogP contribution < -0.4 is 16.2 Å². The highest BCUT2D eigenvalue weighted by molar-refractivity contribution is 6.02. The predicted octanol–water partition coefficient (Wildman–Crippen LogP) is 2.26. The third kappa shape index (κ3) is 5.58. The number of hydrogen-bond acceptors (Lipinski definition) is 4. The van der Waals surface area contributed by atoms with Crippen LogP contribution in [0.15, 0.2) is 65.5 Å². The summed E-state index contributed by atoms with van der Waals surface area (Å²) in [5.74, 6) is -1.31. The van der Waals surface area contributed by atoms with Crippen LogP contribution in [0.5, 0.6) is 0 Å². The summed E-state index contributed by atoms with van der Waals surface area (Å²) < 4.78 is 13.8. The van der Waals surface area contributed by atoms with Gasteiger partial charge in [0.05, 0.1) is 0 Å². The molecule has 0 saturated carbocycles. The molecule has 0 aliphatic carbocycles. The van der Waals surface area contributed by atoms with Gasteiger partial charge >= 0.3 is 0 Å². The first-order chi connectivity index (χ1) is 13.9. The van der Waals surface area contributed by atoms with E-state index in [9.17, 15) is 18.8 Å². The second kappa shape index (κ2) is 8.92. The Hall–Kier alpha value is -3.81. The highest BCUT2D eigenvalue weighted by Crippen LogP contribution is 2.09. The topological polar surface area (TPSA) is 93.1 Å². The van der Waals surface area contributed by atoms with Crippen LogP contribution in [0, 0.1) is 12.7 Å². The second-order valence-corrected chi connectivity index (χ2v) is 6.44. The van der Waals surface area contributed by atoms with Gasteiger partial charge in [-0.3, -0.25) is 14.4 Å².